The summed E-state index contributed by atoms with van der Waals surface area (Å²) in [5, 5.41) is 11.1. The average molecular weight is 217 g/mol. The van der Waals surface area contributed by atoms with E-state index in [0.717, 1.165) is 6.54 Å². The van der Waals surface area contributed by atoms with Crippen LogP contribution in [0, 0.1) is 0 Å². The number of nitrogens with one attached hydrogen (secondary N) is 1. The summed E-state index contributed by atoms with van der Waals surface area (Å²) in [6.45, 7) is 0.917. The van der Waals surface area contributed by atoms with Crippen molar-refractivity contribution in [1.82, 2.24) is 10.2 Å². The fraction of sp³-hybridized carbons (Fsp3) is 0.714. The molecule has 1 aromatic rings. The van der Waals surface area contributed by atoms with Crippen LogP contribution in [0.25, 0.3) is 0 Å². The quantitative estimate of drug-likeness (QED) is 0.824. The minimum absolute atomic E-state index is 0.524. The van der Waals surface area contributed by atoms with Gasteiger partial charge in [-0.1, -0.05) is 5.10 Å². The van der Waals surface area contributed by atoms with E-state index in [9.17, 15) is 0 Å². The lowest BCUT2D eigenvalue weighted by atomic mass is 10.5. The molecule has 1 atom stereocenters. The number of anilines is 1. The molecular weight excluding hydrogens is 206 g/mol. The van der Waals surface area contributed by atoms with Gasteiger partial charge in [0.1, 0.15) is 0 Å². The molecule has 1 fully saturated rings. The zero-order chi connectivity index (χ0) is 8.93. The second-order valence-electron chi connectivity index (χ2n) is 2.69. The van der Waals surface area contributed by atoms with Crippen molar-refractivity contribution in [3.63, 3.8) is 0 Å². The van der Waals surface area contributed by atoms with Crippen molar-refractivity contribution in [2.45, 2.75) is 5.25 Å². The lowest BCUT2D eigenvalue weighted by molar-refractivity contribution is 0.565. The van der Waals surface area contributed by atoms with Gasteiger partial charge in [0.15, 0.2) is 0 Å². The third-order valence-electron chi connectivity index (χ3n) is 1.73. The Morgan fingerprint density at radius 1 is 1.62 bits per heavy atom. The molecule has 0 aliphatic carbocycles. The van der Waals surface area contributed by atoms with Gasteiger partial charge < -0.3 is 9.73 Å². The van der Waals surface area contributed by atoms with Crippen LogP contribution in [0.4, 0.5) is 6.01 Å². The van der Waals surface area contributed by atoms with Crippen molar-refractivity contribution in [3.05, 3.63) is 6.39 Å². The molecule has 4 nitrogen and oxygen atoms in total. The Kier molecular flexibility index (Phi) is 3.37. The van der Waals surface area contributed by atoms with Crippen LogP contribution in [0.2, 0.25) is 0 Å². The minimum atomic E-state index is 0.524. The lowest BCUT2D eigenvalue weighted by Gasteiger charge is -2.20. The topological polar surface area (TPSA) is 51.0 Å². The molecule has 1 unspecified atom stereocenters. The summed E-state index contributed by atoms with van der Waals surface area (Å²) >= 11 is 4.02. The number of hydrogen-bond acceptors (Lipinski definition) is 6. The summed E-state index contributed by atoms with van der Waals surface area (Å²) in [5.41, 5.74) is 0. The number of aromatic nitrogens is 2. The molecule has 13 heavy (non-hydrogen) atoms. The van der Waals surface area contributed by atoms with Gasteiger partial charge in [-0.3, -0.25) is 0 Å². The van der Waals surface area contributed by atoms with Crippen LogP contribution in [0.1, 0.15) is 0 Å². The highest BCUT2D eigenvalue weighted by Gasteiger charge is 2.14. The first-order valence-electron chi connectivity index (χ1n) is 4.14. The summed E-state index contributed by atoms with van der Waals surface area (Å²) in [6, 6.07) is 0.524. The maximum absolute atomic E-state index is 4.98. The van der Waals surface area contributed by atoms with Crippen LogP contribution in [0.3, 0.4) is 0 Å². The number of thioether (sulfide) groups is 2. The maximum Gasteiger partial charge on any atom is 0.315 e. The summed E-state index contributed by atoms with van der Waals surface area (Å²) in [6.07, 6.45) is 1.34. The first-order chi connectivity index (χ1) is 6.45. The monoisotopic (exact) mass is 217 g/mol. The molecule has 0 amide bonds. The van der Waals surface area contributed by atoms with Crippen LogP contribution in [-0.4, -0.2) is 39.3 Å². The summed E-state index contributed by atoms with van der Waals surface area (Å²) in [7, 11) is 0. The van der Waals surface area contributed by atoms with E-state index in [1.165, 1.54) is 23.7 Å². The van der Waals surface area contributed by atoms with E-state index in [1.54, 1.807) is 0 Å². The third kappa shape index (κ3) is 2.80. The van der Waals surface area contributed by atoms with Gasteiger partial charge in [-0.25, -0.2) is 0 Å². The molecule has 1 aliphatic heterocycles. The van der Waals surface area contributed by atoms with E-state index in [1.807, 2.05) is 23.5 Å². The largest absolute Gasteiger partial charge is 0.411 e. The fourth-order valence-corrected chi connectivity index (χ4v) is 3.72. The van der Waals surface area contributed by atoms with Crippen molar-refractivity contribution < 1.29 is 4.42 Å². The van der Waals surface area contributed by atoms with Crippen LogP contribution >= 0.6 is 23.5 Å². The Bertz CT molecular complexity index is 236. The zero-order valence-corrected chi connectivity index (χ0v) is 8.74. The van der Waals surface area contributed by atoms with Crippen LogP contribution < -0.4 is 5.32 Å². The Balaban J connectivity index is 1.72. The molecule has 0 aromatic carbocycles. The first kappa shape index (κ1) is 9.21. The Morgan fingerprint density at radius 3 is 3.31 bits per heavy atom. The molecule has 2 rings (SSSR count). The molecular formula is C7H11N3OS2. The van der Waals surface area contributed by atoms with Crippen LogP contribution in [-0.2, 0) is 0 Å². The first-order valence-corrected chi connectivity index (χ1v) is 6.35. The number of hydrogen-bond donors (Lipinski definition) is 1. The molecule has 1 saturated heterocycles. The smallest absolute Gasteiger partial charge is 0.315 e. The molecule has 1 N–H and O–H groups in total. The second-order valence-corrected chi connectivity index (χ2v) is 5.25. The molecule has 0 radical (unpaired) electrons. The van der Waals surface area contributed by atoms with E-state index in [-0.39, 0.29) is 0 Å². The molecule has 0 saturated carbocycles. The predicted molar refractivity (Wildman–Crippen MR) is 56.4 cm³/mol. The van der Waals surface area contributed by atoms with Crippen LogP contribution in [0.15, 0.2) is 10.8 Å². The van der Waals surface area contributed by atoms with E-state index < -0.39 is 0 Å². The molecule has 2 heterocycles. The Hall–Kier alpha value is -0.360. The van der Waals surface area contributed by atoms with Gasteiger partial charge >= 0.3 is 6.01 Å². The highest BCUT2D eigenvalue weighted by atomic mass is 32.2. The van der Waals surface area contributed by atoms with E-state index in [0.29, 0.717) is 11.3 Å². The highest BCUT2D eigenvalue weighted by Crippen LogP contribution is 2.23. The average Bonchev–Trinajstić information content (AvgIpc) is 2.69. The molecule has 0 bridgehead atoms. The molecule has 6 heteroatoms. The van der Waals surface area contributed by atoms with Crippen molar-refractivity contribution in [1.29, 1.82) is 0 Å². The van der Waals surface area contributed by atoms with E-state index in [2.05, 4.69) is 15.5 Å². The van der Waals surface area contributed by atoms with Gasteiger partial charge in [-0.15, -0.1) is 5.10 Å². The van der Waals surface area contributed by atoms with Gasteiger partial charge in [-0.05, 0) is 0 Å². The molecule has 1 aliphatic rings. The summed E-state index contributed by atoms with van der Waals surface area (Å²) in [5.74, 6) is 3.74. The van der Waals surface area contributed by atoms with E-state index >= 15 is 0 Å². The standard InChI is InChI=1S/C7H11N3OS2/c1-2-13-6(4-12-1)3-8-7-10-9-5-11-7/h5-6H,1-4H2,(H,8,10). The van der Waals surface area contributed by atoms with Gasteiger partial charge in [0.2, 0.25) is 6.39 Å². The predicted octanol–water partition coefficient (Wildman–Crippen LogP) is 1.33. The summed E-state index contributed by atoms with van der Waals surface area (Å²) < 4.78 is 4.98. The number of rotatable bonds is 3. The Morgan fingerprint density at radius 2 is 2.62 bits per heavy atom. The van der Waals surface area contributed by atoms with E-state index in [4.69, 9.17) is 4.42 Å². The zero-order valence-electron chi connectivity index (χ0n) is 7.10. The maximum atomic E-state index is 4.98. The van der Waals surface area contributed by atoms with Crippen LogP contribution in [0.5, 0.6) is 0 Å². The van der Waals surface area contributed by atoms with Crippen molar-refractivity contribution in [2.75, 3.05) is 29.1 Å². The molecule has 1 aromatic heterocycles. The Labute approximate surface area is 85.2 Å². The van der Waals surface area contributed by atoms with Crippen molar-refractivity contribution in [2.24, 2.45) is 0 Å². The van der Waals surface area contributed by atoms with Crippen molar-refractivity contribution in [3.8, 4) is 0 Å². The minimum Gasteiger partial charge on any atom is -0.411 e. The van der Waals surface area contributed by atoms with Gasteiger partial charge in [0, 0.05) is 29.1 Å². The van der Waals surface area contributed by atoms with Gasteiger partial charge in [0.25, 0.3) is 0 Å². The van der Waals surface area contributed by atoms with Gasteiger partial charge in [0.05, 0.1) is 0 Å². The second kappa shape index (κ2) is 4.76. The highest BCUT2D eigenvalue weighted by molar-refractivity contribution is 8.06. The number of nitrogens with zero attached hydrogens (tertiary/aromatic N) is 2. The normalized spacial score (nSPS) is 22.9. The third-order valence-corrected chi connectivity index (χ3v) is 4.57. The lowest BCUT2D eigenvalue weighted by Crippen LogP contribution is -2.23. The van der Waals surface area contributed by atoms with Gasteiger partial charge in [-0.2, -0.15) is 23.5 Å². The molecule has 72 valence electrons. The SMILES string of the molecule is c1nnc(NCC2CSCCS2)o1. The van der Waals surface area contributed by atoms with Crippen molar-refractivity contribution >= 4 is 29.5 Å². The fourth-order valence-electron chi connectivity index (χ4n) is 1.11. The summed E-state index contributed by atoms with van der Waals surface area (Å²) in [4.78, 5) is 0. The molecule has 0 spiro atoms.